The summed E-state index contributed by atoms with van der Waals surface area (Å²) >= 11 is 5.19. The van der Waals surface area contributed by atoms with Gasteiger partial charge < -0.3 is 5.73 Å². The van der Waals surface area contributed by atoms with Crippen LogP contribution in [0, 0.1) is 5.92 Å². The fraction of sp³-hybridized carbons (Fsp3) is 0.364. The number of aromatic nitrogens is 2. The Kier molecular flexibility index (Phi) is 2.52. The molecule has 2 heterocycles. The van der Waals surface area contributed by atoms with Crippen LogP contribution < -0.4 is 5.73 Å². The Labute approximate surface area is 106 Å². The van der Waals surface area contributed by atoms with Gasteiger partial charge >= 0.3 is 0 Å². The molecule has 2 aromatic heterocycles. The van der Waals surface area contributed by atoms with E-state index in [4.69, 9.17) is 5.73 Å². The van der Waals surface area contributed by atoms with Crippen LogP contribution >= 0.6 is 27.3 Å². The Morgan fingerprint density at radius 1 is 1.56 bits per heavy atom. The molecule has 16 heavy (non-hydrogen) atoms. The average molecular weight is 298 g/mol. The maximum atomic E-state index is 6.03. The molecule has 3 rings (SSSR count). The number of rotatable bonds is 3. The summed E-state index contributed by atoms with van der Waals surface area (Å²) in [5, 5.41) is 6.49. The molecule has 1 atom stereocenters. The largest absolute Gasteiger partial charge is 0.383 e. The monoisotopic (exact) mass is 297 g/mol. The first-order valence-electron chi connectivity index (χ1n) is 5.29. The van der Waals surface area contributed by atoms with Crippen molar-refractivity contribution in [2.75, 3.05) is 5.73 Å². The summed E-state index contributed by atoms with van der Waals surface area (Å²) in [6.07, 6.45) is 4.33. The van der Waals surface area contributed by atoms with Gasteiger partial charge in [0.05, 0.1) is 16.7 Å². The first-order chi connectivity index (χ1) is 7.77. The van der Waals surface area contributed by atoms with E-state index in [1.165, 1.54) is 17.7 Å². The molecule has 0 radical (unpaired) electrons. The molecule has 2 N–H and O–H groups in total. The fourth-order valence-corrected chi connectivity index (χ4v) is 3.17. The van der Waals surface area contributed by atoms with Gasteiger partial charge in [-0.05, 0) is 46.1 Å². The standard InChI is InChI=1S/C11H12BrN3S/c12-8-6-14-15(11(8)13)10(7-3-4-7)9-2-1-5-16-9/h1-2,5-7,10H,3-4,13H2. The van der Waals surface area contributed by atoms with Crippen molar-refractivity contribution in [3.05, 3.63) is 33.1 Å². The zero-order valence-electron chi connectivity index (χ0n) is 8.64. The lowest BCUT2D eigenvalue weighted by Crippen LogP contribution is -2.15. The maximum Gasteiger partial charge on any atom is 0.136 e. The smallest absolute Gasteiger partial charge is 0.136 e. The van der Waals surface area contributed by atoms with E-state index in [-0.39, 0.29) is 0 Å². The summed E-state index contributed by atoms with van der Waals surface area (Å²) < 4.78 is 2.84. The van der Waals surface area contributed by atoms with Gasteiger partial charge in [-0.3, -0.25) is 0 Å². The van der Waals surface area contributed by atoms with Crippen molar-refractivity contribution in [3.63, 3.8) is 0 Å². The van der Waals surface area contributed by atoms with Crippen LogP contribution in [0.4, 0.5) is 5.82 Å². The van der Waals surface area contributed by atoms with Crippen molar-refractivity contribution >= 4 is 33.1 Å². The van der Waals surface area contributed by atoms with Gasteiger partial charge in [-0.15, -0.1) is 11.3 Å². The molecule has 0 aromatic carbocycles. The fourth-order valence-electron chi connectivity index (χ4n) is 2.00. The first-order valence-corrected chi connectivity index (χ1v) is 6.96. The predicted molar refractivity (Wildman–Crippen MR) is 69.5 cm³/mol. The lowest BCUT2D eigenvalue weighted by Gasteiger charge is -2.16. The Balaban J connectivity index is 2.03. The number of thiophene rings is 1. The zero-order chi connectivity index (χ0) is 11.1. The molecule has 0 spiro atoms. The molecule has 0 bridgehead atoms. The maximum absolute atomic E-state index is 6.03. The minimum Gasteiger partial charge on any atom is -0.383 e. The van der Waals surface area contributed by atoms with Gasteiger partial charge in [0, 0.05) is 4.88 Å². The van der Waals surface area contributed by atoms with Crippen LogP contribution in [-0.2, 0) is 0 Å². The van der Waals surface area contributed by atoms with Crippen LogP contribution in [0.5, 0.6) is 0 Å². The number of halogens is 1. The summed E-state index contributed by atoms with van der Waals surface area (Å²) in [5.74, 6) is 1.43. The van der Waals surface area contributed by atoms with Crippen molar-refractivity contribution in [1.82, 2.24) is 9.78 Å². The molecule has 1 unspecified atom stereocenters. The highest BCUT2D eigenvalue weighted by molar-refractivity contribution is 9.10. The van der Waals surface area contributed by atoms with E-state index < -0.39 is 0 Å². The summed E-state index contributed by atoms with van der Waals surface area (Å²) in [5.41, 5.74) is 6.03. The molecule has 1 fully saturated rings. The lowest BCUT2D eigenvalue weighted by molar-refractivity contribution is 0.484. The second-order valence-electron chi connectivity index (χ2n) is 4.12. The molecule has 2 aromatic rings. The highest BCUT2D eigenvalue weighted by Gasteiger charge is 2.35. The van der Waals surface area contributed by atoms with Crippen molar-refractivity contribution in [1.29, 1.82) is 0 Å². The van der Waals surface area contributed by atoms with Crippen molar-refractivity contribution in [3.8, 4) is 0 Å². The Morgan fingerprint density at radius 2 is 2.38 bits per heavy atom. The van der Waals surface area contributed by atoms with Gasteiger partial charge in [0.25, 0.3) is 0 Å². The van der Waals surface area contributed by atoms with Gasteiger partial charge in [-0.1, -0.05) is 6.07 Å². The Morgan fingerprint density at radius 3 is 2.88 bits per heavy atom. The number of hydrogen-bond donors (Lipinski definition) is 1. The van der Waals surface area contributed by atoms with Crippen LogP contribution in [0.2, 0.25) is 0 Å². The van der Waals surface area contributed by atoms with E-state index in [2.05, 4.69) is 38.5 Å². The van der Waals surface area contributed by atoms with E-state index >= 15 is 0 Å². The van der Waals surface area contributed by atoms with E-state index in [1.807, 2.05) is 4.68 Å². The highest BCUT2D eigenvalue weighted by atomic mass is 79.9. The lowest BCUT2D eigenvalue weighted by atomic mass is 10.1. The van der Waals surface area contributed by atoms with Crippen LogP contribution in [0.15, 0.2) is 28.2 Å². The summed E-state index contributed by atoms with van der Waals surface area (Å²) in [6, 6.07) is 4.58. The van der Waals surface area contributed by atoms with Gasteiger partial charge in [0.1, 0.15) is 5.82 Å². The van der Waals surface area contributed by atoms with Crippen LogP contribution in [-0.4, -0.2) is 9.78 Å². The minimum atomic E-state index is 0.325. The molecular formula is C11H12BrN3S. The van der Waals surface area contributed by atoms with Crippen LogP contribution in [0.25, 0.3) is 0 Å². The Bertz CT molecular complexity index is 487. The normalized spacial score (nSPS) is 17.6. The zero-order valence-corrected chi connectivity index (χ0v) is 11.0. The van der Waals surface area contributed by atoms with E-state index in [9.17, 15) is 0 Å². The quantitative estimate of drug-likeness (QED) is 0.945. The van der Waals surface area contributed by atoms with Gasteiger partial charge in [-0.2, -0.15) is 5.10 Å². The van der Waals surface area contributed by atoms with Gasteiger partial charge in [-0.25, -0.2) is 4.68 Å². The topological polar surface area (TPSA) is 43.8 Å². The molecule has 1 aliphatic carbocycles. The first kappa shape index (κ1) is 10.4. The number of anilines is 1. The highest BCUT2D eigenvalue weighted by Crippen LogP contribution is 2.45. The van der Waals surface area contributed by atoms with Crippen LogP contribution in [0.1, 0.15) is 23.8 Å². The molecule has 0 aliphatic heterocycles. The summed E-state index contributed by atoms with van der Waals surface area (Å²) in [4.78, 5) is 1.35. The van der Waals surface area contributed by atoms with Crippen LogP contribution in [0.3, 0.4) is 0 Å². The number of nitrogens with zero attached hydrogens (tertiary/aromatic N) is 2. The number of hydrogen-bond acceptors (Lipinski definition) is 3. The molecule has 84 valence electrons. The van der Waals surface area contributed by atoms with Crippen molar-refractivity contribution < 1.29 is 0 Å². The van der Waals surface area contributed by atoms with E-state index in [0.29, 0.717) is 12.0 Å². The SMILES string of the molecule is Nc1c(Br)cnn1C(c1cccs1)C1CC1. The van der Waals surface area contributed by atoms with Gasteiger partial charge in [0.15, 0.2) is 0 Å². The molecule has 0 saturated heterocycles. The molecule has 1 aliphatic rings. The minimum absolute atomic E-state index is 0.325. The summed E-state index contributed by atoms with van der Waals surface area (Å²) in [6.45, 7) is 0. The predicted octanol–water partition coefficient (Wildman–Crippen LogP) is 3.29. The van der Waals surface area contributed by atoms with Gasteiger partial charge in [0.2, 0.25) is 0 Å². The molecule has 0 amide bonds. The number of nitrogens with two attached hydrogens (primary N) is 1. The van der Waals surface area contributed by atoms with Crippen molar-refractivity contribution in [2.24, 2.45) is 5.92 Å². The third-order valence-electron chi connectivity index (χ3n) is 2.95. The molecular weight excluding hydrogens is 286 g/mol. The molecule has 5 heteroatoms. The third kappa shape index (κ3) is 1.68. The van der Waals surface area contributed by atoms with Crippen molar-refractivity contribution in [2.45, 2.75) is 18.9 Å². The third-order valence-corrected chi connectivity index (χ3v) is 4.51. The molecule has 1 saturated carbocycles. The second kappa shape index (κ2) is 3.89. The summed E-state index contributed by atoms with van der Waals surface area (Å²) in [7, 11) is 0. The van der Waals surface area contributed by atoms with E-state index in [0.717, 1.165) is 10.3 Å². The average Bonchev–Trinajstić information content (AvgIpc) is 2.87. The number of nitrogen functional groups attached to an aromatic ring is 1. The van der Waals surface area contributed by atoms with E-state index in [1.54, 1.807) is 17.5 Å². The molecule has 3 nitrogen and oxygen atoms in total. The Hall–Kier alpha value is -0.810. The second-order valence-corrected chi connectivity index (χ2v) is 5.95.